The van der Waals surface area contributed by atoms with Crippen LogP contribution in [-0.4, -0.2) is 15.0 Å². The van der Waals surface area contributed by atoms with Crippen LogP contribution in [0, 0.1) is 5.92 Å². The molecule has 2 rings (SSSR count). The molecule has 4 nitrogen and oxygen atoms in total. The minimum absolute atomic E-state index is 0.284. The molecule has 1 aromatic heterocycles. The van der Waals surface area contributed by atoms with Gasteiger partial charge in [0, 0.05) is 24.7 Å². The average Bonchev–Trinajstić information content (AvgIpc) is 2.77. The largest absolute Gasteiger partial charge is 0.304 e. The molecule has 1 aromatic carbocycles. The van der Waals surface area contributed by atoms with Crippen molar-refractivity contribution in [1.29, 1.82) is 0 Å². The van der Waals surface area contributed by atoms with E-state index in [4.69, 9.17) is 11.6 Å². The average molecular weight is 279 g/mol. The Hall–Kier alpha value is -1.39. The number of hydrogen-bond donors (Lipinski definition) is 1. The third kappa shape index (κ3) is 3.55. The molecule has 2 aromatic rings. The first-order valence-electron chi connectivity index (χ1n) is 6.40. The Morgan fingerprint density at radius 3 is 2.47 bits per heavy atom. The van der Waals surface area contributed by atoms with Crippen molar-refractivity contribution >= 4 is 11.6 Å². The molecule has 0 bridgehead atoms. The normalized spacial score (nSPS) is 12.9. The SMILES string of the molecule is CC(C)C(NCc1cnnn1C)c1ccc(Cl)cc1. The highest BCUT2D eigenvalue weighted by Crippen LogP contribution is 2.23. The van der Waals surface area contributed by atoms with Gasteiger partial charge in [-0.05, 0) is 23.6 Å². The molecule has 5 heteroatoms. The van der Waals surface area contributed by atoms with Gasteiger partial charge in [0.1, 0.15) is 0 Å². The maximum Gasteiger partial charge on any atom is 0.0738 e. The summed E-state index contributed by atoms with van der Waals surface area (Å²) in [6.45, 7) is 5.15. The Morgan fingerprint density at radius 1 is 1.26 bits per heavy atom. The Balaban J connectivity index is 2.08. The number of rotatable bonds is 5. The van der Waals surface area contributed by atoms with Crippen molar-refractivity contribution in [1.82, 2.24) is 20.3 Å². The lowest BCUT2D eigenvalue weighted by atomic mass is 9.96. The fourth-order valence-electron chi connectivity index (χ4n) is 2.09. The molecule has 0 amide bonds. The minimum atomic E-state index is 0.284. The molecule has 0 saturated heterocycles. The summed E-state index contributed by atoms with van der Waals surface area (Å²) in [6.07, 6.45) is 1.78. The Morgan fingerprint density at radius 2 is 1.95 bits per heavy atom. The molecule has 102 valence electrons. The molecule has 1 unspecified atom stereocenters. The quantitative estimate of drug-likeness (QED) is 0.914. The molecule has 0 radical (unpaired) electrons. The van der Waals surface area contributed by atoms with Gasteiger partial charge in [-0.25, -0.2) is 0 Å². The van der Waals surface area contributed by atoms with Crippen molar-refractivity contribution in [3.05, 3.63) is 46.7 Å². The minimum Gasteiger partial charge on any atom is -0.304 e. The fraction of sp³-hybridized carbons (Fsp3) is 0.429. The van der Waals surface area contributed by atoms with Crippen molar-refractivity contribution in [3.8, 4) is 0 Å². The van der Waals surface area contributed by atoms with Gasteiger partial charge in [-0.3, -0.25) is 4.68 Å². The summed E-state index contributed by atoms with van der Waals surface area (Å²) in [6, 6.07) is 8.29. The first-order chi connectivity index (χ1) is 9.08. The summed E-state index contributed by atoms with van der Waals surface area (Å²) >= 11 is 5.93. The number of nitrogens with zero attached hydrogens (tertiary/aromatic N) is 3. The zero-order chi connectivity index (χ0) is 13.8. The molecule has 1 heterocycles. The van der Waals surface area contributed by atoms with Gasteiger partial charge >= 0.3 is 0 Å². The molecule has 19 heavy (non-hydrogen) atoms. The highest BCUT2D eigenvalue weighted by molar-refractivity contribution is 6.30. The van der Waals surface area contributed by atoms with Gasteiger partial charge in [0.2, 0.25) is 0 Å². The van der Waals surface area contributed by atoms with E-state index >= 15 is 0 Å². The molecular formula is C14H19ClN4. The maximum atomic E-state index is 5.93. The van der Waals surface area contributed by atoms with Gasteiger partial charge in [0.15, 0.2) is 0 Å². The predicted octanol–water partition coefficient (Wildman–Crippen LogP) is 2.96. The topological polar surface area (TPSA) is 42.7 Å². The van der Waals surface area contributed by atoms with Gasteiger partial charge in [-0.1, -0.05) is 42.8 Å². The van der Waals surface area contributed by atoms with Crippen LogP contribution >= 0.6 is 11.6 Å². The van der Waals surface area contributed by atoms with E-state index in [1.165, 1.54) is 5.56 Å². The van der Waals surface area contributed by atoms with Gasteiger partial charge in [-0.2, -0.15) is 0 Å². The summed E-state index contributed by atoms with van der Waals surface area (Å²) in [4.78, 5) is 0. The molecule has 0 aliphatic rings. The Labute approximate surface area is 118 Å². The van der Waals surface area contributed by atoms with Crippen LogP contribution < -0.4 is 5.32 Å². The van der Waals surface area contributed by atoms with E-state index in [0.29, 0.717) is 5.92 Å². The van der Waals surface area contributed by atoms with Crippen LogP contribution in [0.1, 0.15) is 31.1 Å². The lowest BCUT2D eigenvalue weighted by Gasteiger charge is -2.23. The molecule has 1 N–H and O–H groups in total. The second-order valence-electron chi connectivity index (χ2n) is 5.00. The van der Waals surface area contributed by atoms with Gasteiger partial charge in [0.05, 0.1) is 11.9 Å². The summed E-state index contributed by atoms with van der Waals surface area (Å²) in [5.74, 6) is 0.488. The van der Waals surface area contributed by atoms with Crippen LogP contribution in [0.5, 0.6) is 0 Å². The highest BCUT2D eigenvalue weighted by Gasteiger charge is 2.15. The third-order valence-electron chi connectivity index (χ3n) is 3.21. The highest BCUT2D eigenvalue weighted by atomic mass is 35.5. The van der Waals surface area contributed by atoms with E-state index in [2.05, 4.69) is 41.6 Å². The molecule has 0 aliphatic carbocycles. The zero-order valence-corrected chi connectivity index (χ0v) is 12.2. The lowest BCUT2D eigenvalue weighted by molar-refractivity contribution is 0.404. The van der Waals surface area contributed by atoms with Gasteiger partial charge in [-0.15, -0.1) is 5.10 Å². The van der Waals surface area contributed by atoms with Crippen molar-refractivity contribution in [2.24, 2.45) is 13.0 Å². The molecule has 0 saturated carbocycles. The molecule has 1 atom stereocenters. The maximum absolute atomic E-state index is 5.93. The van der Waals surface area contributed by atoms with Crippen LogP contribution in [0.2, 0.25) is 5.02 Å². The van der Waals surface area contributed by atoms with E-state index in [9.17, 15) is 0 Å². The molecule has 0 fully saturated rings. The third-order valence-corrected chi connectivity index (χ3v) is 3.46. The van der Waals surface area contributed by atoms with Gasteiger partial charge in [0.25, 0.3) is 0 Å². The van der Waals surface area contributed by atoms with Crippen LogP contribution in [0.4, 0.5) is 0 Å². The number of aryl methyl sites for hydroxylation is 1. The van der Waals surface area contributed by atoms with Crippen molar-refractivity contribution in [3.63, 3.8) is 0 Å². The van der Waals surface area contributed by atoms with Crippen LogP contribution in [-0.2, 0) is 13.6 Å². The number of halogens is 1. The van der Waals surface area contributed by atoms with Crippen molar-refractivity contribution < 1.29 is 0 Å². The first-order valence-corrected chi connectivity index (χ1v) is 6.78. The lowest BCUT2D eigenvalue weighted by Crippen LogP contribution is -2.26. The number of aromatic nitrogens is 3. The Bertz CT molecular complexity index is 518. The zero-order valence-electron chi connectivity index (χ0n) is 11.5. The summed E-state index contributed by atoms with van der Waals surface area (Å²) < 4.78 is 1.78. The van der Waals surface area contributed by atoms with Crippen LogP contribution in [0.3, 0.4) is 0 Å². The number of nitrogens with one attached hydrogen (secondary N) is 1. The summed E-state index contributed by atoms with van der Waals surface area (Å²) in [5, 5.41) is 12.1. The van der Waals surface area contributed by atoms with Crippen molar-refractivity contribution in [2.75, 3.05) is 0 Å². The van der Waals surface area contributed by atoms with E-state index in [0.717, 1.165) is 17.3 Å². The van der Waals surface area contributed by atoms with E-state index in [1.54, 1.807) is 10.9 Å². The van der Waals surface area contributed by atoms with E-state index in [1.807, 2.05) is 19.2 Å². The van der Waals surface area contributed by atoms with Gasteiger partial charge < -0.3 is 5.32 Å². The second kappa shape index (κ2) is 6.17. The van der Waals surface area contributed by atoms with E-state index in [-0.39, 0.29) is 6.04 Å². The first kappa shape index (κ1) is 14.0. The number of hydrogen-bond acceptors (Lipinski definition) is 3. The van der Waals surface area contributed by atoms with Crippen LogP contribution in [0.15, 0.2) is 30.5 Å². The van der Waals surface area contributed by atoms with Crippen molar-refractivity contribution in [2.45, 2.75) is 26.4 Å². The second-order valence-corrected chi connectivity index (χ2v) is 5.44. The summed E-state index contributed by atoms with van der Waals surface area (Å²) in [5.41, 5.74) is 2.31. The fourth-order valence-corrected chi connectivity index (χ4v) is 2.22. The molecule has 0 aliphatic heterocycles. The Kier molecular flexibility index (Phi) is 4.56. The molecule has 0 spiro atoms. The number of benzene rings is 1. The summed E-state index contributed by atoms with van der Waals surface area (Å²) in [7, 11) is 1.90. The predicted molar refractivity (Wildman–Crippen MR) is 76.9 cm³/mol. The molecular weight excluding hydrogens is 260 g/mol. The smallest absolute Gasteiger partial charge is 0.0738 e. The standard InChI is InChI=1S/C14H19ClN4/c1-10(2)14(11-4-6-12(15)7-5-11)16-8-13-9-17-18-19(13)3/h4-7,9-10,14,16H,8H2,1-3H3. The van der Waals surface area contributed by atoms with Crippen LogP contribution in [0.25, 0.3) is 0 Å². The monoisotopic (exact) mass is 278 g/mol. The van der Waals surface area contributed by atoms with E-state index < -0.39 is 0 Å².